The highest BCUT2D eigenvalue weighted by Crippen LogP contribution is 2.39. The molecule has 2 fully saturated rings. The Morgan fingerprint density at radius 3 is 3.08 bits per heavy atom. The van der Waals surface area contributed by atoms with E-state index in [2.05, 4.69) is 15.0 Å². The molecule has 10 heteroatoms. The SMILES string of the molecule is CS(=O)(=O)N[C@@H]1[C@@H](NC(=O)Cc2cn3ccsc3n2)[C@H]2CCO[C@H]21. The number of thiazole rings is 1. The van der Waals surface area contributed by atoms with Gasteiger partial charge in [-0.1, -0.05) is 0 Å². The molecule has 2 aromatic heterocycles. The lowest BCUT2D eigenvalue weighted by Gasteiger charge is -2.47. The topological polar surface area (TPSA) is 102 Å². The van der Waals surface area contributed by atoms with E-state index in [0.717, 1.165) is 17.6 Å². The highest BCUT2D eigenvalue weighted by atomic mass is 32.2. The van der Waals surface area contributed by atoms with Crippen molar-refractivity contribution in [2.24, 2.45) is 5.92 Å². The smallest absolute Gasteiger partial charge is 0.226 e. The number of hydrogen-bond donors (Lipinski definition) is 2. The van der Waals surface area contributed by atoms with Crippen molar-refractivity contribution in [2.45, 2.75) is 31.0 Å². The molecule has 2 aromatic rings. The molecule has 4 atom stereocenters. The zero-order valence-electron chi connectivity index (χ0n) is 13.0. The molecule has 8 nitrogen and oxygen atoms in total. The van der Waals surface area contributed by atoms with Gasteiger partial charge in [0.05, 0.1) is 36.6 Å². The summed E-state index contributed by atoms with van der Waals surface area (Å²) in [6, 6.07) is -0.634. The second-order valence-electron chi connectivity index (χ2n) is 6.30. The third-order valence-corrected chi connectivity index (χ3v) is 6.02. The molecule has 1 aliphatic carbocycles. The Balaban J connectivity index is 1.42. The molecule has 0 unspecified atom stereocenters. The van der Waals surface area contributed by atoms with Crippen molar-refractivity contribution < 1.29 is 17.9 Å². The summed E-state index contributed by atoms with van der Waals surface area (Å²) in [4.78, 5) is 17.6. The maximum Gasteiger partial charge on any atom is 0.226 e. The maximum atomic E-state index is 12.3. The Labute approximate surface area is 143 Å². The quantitative estimate of drug-likeness (QED) is 0.756. The molecular formula is C14H18N4O4S2. The van der Waals surface area contributed by atoms with E-state index in [0.29, 0.717) is 12.3 Å². The zero-order chi connectivity index (χ0) is 16.9. The van der Waals surface area contributed by atoms with Crippen molar-refractivity contribution in [2.75, 3.05) is 12.9 Å². The highest BCUT2D eigenvalue weighted by molar-refractivity contribution is 7.88. The number of nitrogens with one attached hydrogen (secondary N) is 2. The van der Waals surface area contributed by atoms with Crippen LogP contribution in [0.3, 0.4) is 0 Å². The van der Waals surface area contributed by atoms with Crippen molar-refractivity contribution in [3.8, 4) is 0 Å². The number of imidazole rings is 1. The van der Waals surface area contributed by atoms with E-state index in [-0.39, 0.29) is 30.4 Å². The number of fused-ring (bicyclic) bond motifs is 2. The van der Waals surface area contributed by atoms with Gasteiger partial charge >= 0.3 is 0 Å². The molecule has 3 heterocycles. The van der Waals surface area contributed by atoms with Gasteiger partial charge in [-0.15, -0.1) is 11.3 Å². The number of hydrogen-bond acceptors (Lipinski definition) is 6. The van der Waals surface area contributed by atoms with Crippen LogP contribution < -0.4 is 10.0 Å². The Bertz CT molecular complexity index is 846. The summed E-state index contributed by atoms with van der Waals surface area (Å²) in [5.74, 6) is 0.00935. The van der Waals surface area contributed by atoms with E-state index in [1.54, 1.807) is 0 Å². The van der Waals surface area contributed by atoms with E-state index in [1.165, 1.54) is 11.3 Å². The normalized spacial score (nSPS) is 29.4. The average Bonchev–Trinajstić information content (AvgIpc) is 3.15. The van der Waals surface area contributed by atoms with Crippen LogP contribution in [0.1, 0.15) is 12.1 Å². The van der Waals surface area contributed by atoms with Crippen molar-refractivity contribution >= 4 is 32.2 Å². The first-order valence-corrected chi connectivity index (χ1v) is 10.5. The number of sulfonamides is 1. The van der Waals surface area contributed by atoms with Gasteiger partial charge in [0.1, 0.15) is 0 Å². The van der Waals surface area contributed by atoms with Crippen LogP contribution in [0.25, 0.3) is 4.96 Å². The predicted octanol–water partition coefficient (Wildman–Crippen LogP) is -0.240. The summed E-state index contributed by atoms with van der Waals surface area (Å²) in [5.41, 5.74) is 0.700. The summed E-state index contributed by atoms with van der Waals surface area (Å²) in [5, 5.41) is 4.89. The van der Waals surface area contributed by atoms with Gasteiger partial charge in [-0.25, -0.2) is 18.1 Å². The van der Waals surface area contributed by atoms with Crippen LogP contribution in [0, 0.1) is 5.92 Å². The van der Waals surface area contributed by atoms with E-state index in [1.807, 2.05) is 22.2 Å². The van der Waals surface area contributed by atoms with Crippen LogP contribution in [0.2, 0.25) is 0 Å². The first-order chi connectivity index (χ1) is 11.4. The lowest BCUT2D eigenvalue weighted by atomic mass is 9.72. The molecule has 2 N–H and O–H groups in total. The molecule has 1 amide bonds. The third kappa shape index (κ3) is 2.94. The number of carbonyl (C=O) groups excluding carboxylic acids is 1. The van der Waals surface area contributed by atoms with Gasteiger partial charge in [-0.3, -0.25) is 9.20 Å². The van der Waals surface area contributed by atoms with Crippen molar-refractivity contribution in [3.05, 3.63) is 23.5 Å². The number of aromatic nitrogens is 2. The molecule has 24 heavy (non-hydrogen) atoms. The molecule has 0 radical (unpaired) electrons. The van der Waals surface area contributed by atoms with Crippen LogP contribution in [0.5, 0.6) is 0 Å². The Kier molecular flexibility index (Phi) is 3.87. The highest BCUT2D eigenvalue weighted by Gasteiger charge is 2.55. The summed E-state index contributed by atoms with van der Waals surface area (Å²) in [6.45, 7) is 0.598. The van der Waals surface area contributed by atoms with Gasteiger partial charge in [0, 0.05) is 30.3 Å². The monoisotopic (exact) mass is 370 g/mol. The van der Waals surface area contributed by atoms with Crippen molar-refractivity contribution in [3.63, 3.8) is 0 Å². The number of nitrogens with zero attached hydrogens (tertiary/aromatic N) is 2. The van der Waals surface area contributed by atoms with Crippen LogP contribution in [-0.4, -0.2) is 54.8 Å². The van der Waals surface area contributed by atoms with Gasteiger partial charge in [0.25, 0.3) is 0 Å². The fourth-order valence-corrected chi connectivity index (χ4v) is 5.05. The van der Waals surface area contributed by atoms with Gasteiger partial charge in [-0.05, 0) is 6.42 Å². The van der Waals surface area contributed by atoms with Crippen LogP contribution in [0.4, 0.5) is 0 Å². The molecule has 0 aromatic carbocycles. The zero-order valence-corrected chi connectivity index (χ0v) is 14.6. The molecule has 0 spiro atoms. The van der Waals surface area contributed by atoms with E-state index >= 15 is 0 Å². The van der Waals surface area contributed by atoms with Gasteiger partial charge < -0.3 is 10.1 Å². The lowest BCUT2D eigenvalue weighted by Crippen LogP contribution is -2.70. The molecule has 1 saturated heterocycles. The Hall–Kier alpha value is -1.49. The summed E-state index contributed by atoms with van der Waals surface area (Å²) in [6.07, 6.45) is 5.70. The number of carbonyl (C=O) groups is 1. The minimum Gasteiger partial charge on any atom is -0.376 e. The number of ether oxygens (including phenoxy) is 1. The Morgan fingerprint density at radius 1 is 1.50 bits per heavy atom. The first kappa shape index (κ1) is 16.0. The minimum absolute atomic E-state index is 0.150. The fraction of sp³-hybridized carbons (Fsp3) is 0.571. The van der Waals surface area contributed by atoms with Gasteiger partial charge in [0.15, 0.2) is 4.96 Å². The van der Waals surface area contributed by atoms with Gasteiger partial charge in [0.2, 0.25) is 15.9 Å². The first-order valence-electron chi connectivity index (χ1n) is 7.70. The molecular weight excluding hydrogens is 352 g/mol. The molecule has 4 rings (SSSR count). The van der Waals surface area contributed by atoms with E-state index in [4.69, 9.17) is 4.74 Å². The standard InChI is InChI=1S/C14H18N4O4S2/c1-24(20,21)17-12-11(9-2-4-22-13(9)12)16-10(19)6-8-7-18-3-5-23-14(18)15-8/h3,5,7,9,11-13,17H,2,4,6H2,1H3,(H,16,19)/t9-,11+,12-,13-/m1/s1. The maximum absolute atomic E-state index is 12.3. The van der Waals surface area contributed by atoms with Gasteiger partial charge in [-0.2, -0.15) is 0 Å². The second kappa shape index (κ2) is 5.80. The Morgan fingerprint density at radius 2 is 2.33 bits per heavy atom. The largest absolute Gasteiger partial charge is 0.376 e. The molecule has 1 saturated carbocycles. The third-order valence-electron chi connectivity index (χ3n) is 4.55. The molecule has 130 valence electrons. The second-order valence-corrected chi connectivity index (χ2v) is 8.95. The van der Waals surface area contributed by atoms with Crippen LogP contribution in [-0.2, 0) is 26.0 Å². The molecule has 0 bridgehead atoms. The van der Waals surface area contributed by atoms with E-state index < -0.39 is 16.1 Å². The summed E-state index contributed by atoms with van der Waals surface area (Å²) < 4.78 is 33.1. The fourth-order valence-electron chi connectivity index (χ4n) is 3.55. The molecule has 1 aliphatic heterocycles. The number of amides is 1. The average molecular weight is 370 g/mol. The summed E-state index contributed by atoms with van der Waals surface area (Å²) in [7, 11) is -3.36. The van der Waals surface area contributed by atoms with E-state index in [9.17, 15) is 13.2 Å². The van der Waals surface area contributed by atoms with Crippen molar-refractivity contribution in [1.82, 2.24) is 19.4 Å². The van der Waals surface area contributed by atoms with Crippen LogP contribution in [0.15, 0.2) is 17.8 Å². The summed E-state index contributed by atoms with van der Waals surface area (Å²) >= 11 is 1.51. The molecule has 2 aliphatic rings. The lowest BCUT2D eigenvalue weighted by molar-refractivity contribution is -0.124. The predicted molar refractivity (Wildman–Crippen MR) is 88.3 cm³/mol. The van der Waals surface area contributed by atoms with Crippen molar-refractivity contribution in [1.29, 1.82) is 0 Å². The number of rotatable bonds is 5. The van der Waals surface area contributed by atoms with Crippen LogP contribution >= 0.6 is 11.3 Å². The minimum atomic E-state index is -3.36.